The smallest absolute Gasteiger partial charge is 0.244 e. The van der Waals surface area contributed by atoms with Gasteiger partial charge in [-0.2, -0.15) is 0 Å². The molecule has 1 unspecified atom stereocenters. The zero-order valence-electron chi connectivity index (χ0n) is 13.9. The molecule has 1 saturated carbocycles. The van der Waals surface area contributed by atoms with E-state index in [9.17, 15) is 14.4 Å². The number of halogens is 1. The number of hydrogen-bond donors (Lipinski definition) is 3. The van der Waals surface area contributed by atoms with E-state index in [2.05, 4.69) is 10.6 Å². The van der Waals surface area contributed by atoms with Gasteiger partial charge < -0.3 is 21.3 Å². The number of amides is 3. The maximum absolute atomic E-state index is 12.5. The Morgan fingerprint density at radius 3 is 2.68 bits per heavy atom. The summed E-state index contributed by atoms with van der Waals surface area (Å²) < 4.78 is 0. The van der Waals surface area contributed by atoms with Crippen molar-refractivity contribution in [2.45, 2.75) is 31.7 Å². The van der Waals surface area contributed by atoms with Crippen molar-refractivity contribution in [3.8, 4) is 0 Å². The van der Waals surface area contributed by atoms with Gasteiger partial charge in [-0.3, -0.25) is 14.4 Å². The van der Waals surface area contributed by atoms with Gasteiger partial charge in [-0.1, -0.05) is 12.1 Å². The van der Waals surface area contributed by atoms with Crippen LogP contribution in [0, 0.1) is 5.92 Å². The van der Waals surface area contributed by atoms with Crippen molar-refractivity contribution in [1.82, 2.24) is 5.32 Å². The zero-order valence-corrected chi connectivity index (χ0v) is 14.7. The first-order chi connectivity index (χ1) is 11.6. The van der Waals surface area contributed by atoms with Crippen molar-refractivity contribution in [2.75, 3.05) is 23.3 Å². The summed E-state index contributed by atoms with van der Waals surface area (Å²) in [4.78, 5) is 37.7. The molecule has 0 bridgehead atoms. The third kappa shape index (κ3) is 4.70. The zero-order chi connectivity index (χ0) is 17.1. The monoisotopic (exact) mass is 366 g/mol. The molecule has 0 spiro atoms. The number of carbonyl (C=O) groups is 3. The Hall–Kier alpha value is -2.12. The van der Waals surface area contributed by atoms with Crippen LogP contribution in [0.5, 0.6) is 0 Å². The van der Waals surface area contributed by atoms with Crippen LogP contribution in [0.15, 0.2) is 24.3 Å². The molecule has 3 amide bonds. The van der Waals surface area contributed by atoms with Gasteiger partial charge in [0.05, 0.1) is 11.4 Å². The summed E-state index contributed by atoms with van der Waals surface area (Å²) in [7, 11) is 0. The minimum Gasteiger partial charge on any atom is -0.352 e. The predicted molar refractivity (Wildman–Crippen MR) is 97.6 cm³/mol. The quantitative estimate of drug-likeness (QED) is 0.699. The van der Waals surface area contributed by atoms with E-state index in [4.69, 9.17) is 5.73 Å². The van der Waals surface area contributed by atoms with Crippen LogP contribution < -0.4 is 21.3 Å². The fourth-order valence-corrected chi connectivity index (χ4v) is 2.96. The molecule has 1 aromatic rings. The predicted octanol–water partition coefficient (Wildman–Crippen LogP) is 1.03. The molecule has 7 nitrogen and oxygen atoms in total. The fraction of sp³-hybridized carbons (Fsp3) is 0.471. The number of nitrogens with one attached hydrogen (secondary N) is 2. The van der Waals surface area contributed by atoms with E-state index >= 15 is 0 Å². The van der Waals surface area contributed by atoms with E-state index in [1.807, 2.05) is 6.07 Å². The van der Waals surface area contributed by atoms with Gasteiger partial charge in [0.15, 0.2) is 0 Å². The van der Waals surface area contributed by atoms with Crippen LogP contribution in [0.2, 0.25) is 0 Å². The molecule has 1 aliphatic heterocycles. The van der Waals surface area contributed by atoms with Crippen molar-refractivity contribution in [3.05, 3.63) is 24.3 Å². The molecule has 0 radical (unpaired) electrons. The molecule has 0 saturated heterocycles. The molecule has 1 atom stereocenters. The molecule has 2 aliphatic rings. The first-order valence-electron chi connectivity index (χ1n) is 8.27. The van der Waals surface area contributed by atoms with Crippen LogP contribution >= 0.6 is 12.4 Å². The highest BCUT2D eigenvalue weighted by molar-refractivity contribution is 6.10. The average molecular weight is 367 g/mol. The third-order valence-corrected chi connectivity index (χ3v) is 4.43. The lowest BCUT2D eigenvalue weighted by molar-refractivity contribution is -0.126. The molecule has 1 fully saturated rings. The number of nitrogens with zero attached hydrogens (tertiary/aromatic N) is 1. The summed E-state index contributed by atoms with van der Waals surface area (Å²) in [5.74, 6) is -0.153. The van der Waals surface area contributed by atoms with E-state index in [1.54, 1.807) is 18.2 Å². The summed E-state index contributed by atoms with van der Waals surface area (Å²) in [5.41, 5.74) is 6.95. The molecule has 136 valence electrons. The summed E-state index contributed by atoms with van der Waals surface area (Å²) in [6.07, 6.45) is 2.36. The molecule has 25 heavy (non-hydrogen) atoms. The number of para-hydroxylation sites is 2. The molecule has 1 heterocycles. The molecule has 1 aliphatic carbocycles. The Bertz CT molecular complexity index is 663. The van der Waals surface area contributed by atoms with E-state index < -0.39 is 0 Å². The number of carbonyl (C=O) groups excluding carboxylic acids is 3. The van der Waals surface area contributed by atoms with Crippen molar-refractivity contribution < 1.29 is 14.4 Å². The SMILES string of the molecule is Cl.NCC(NC(=O)CCC(=O)N1CC(=O)Nc2ccccc21)C1CC1. The minimum absolute atomic E-state index is 0. The summed E-state index contributed by atoms with van der Waals surface area (Å²) in [6.45, 7) is 0.398. The fourth-order valence-electron chi connectivity index (χ4n) is 2.96. The highest BCUT2D eigenvalue weighted by atomic mass is 35.5. The number of hydrogen-bond acceptors (Lipinski definition) is 4. The molecule has 0 aromatic heterocycles. The van der Waals surface area contributed by atoms with E-state index in [0.29, 0.717) is 23.8 Å². The number of nitrogens with two attached hydrogens (primary N) is 1. The second-order valence-electron chi connectivity index (χ2n) is 6.29. The van der Waals surface area contributed by atoms with Gasteiger partial charge in [0, 0.05) is 25.4 Å². The lowest BCUT2D eigenvalue weighted by atomic mass is 10.1. The first-order valence-corrected chi connectivity index (χ1v) is 8.27. The number of benzene rings is 1. The standard InChI is InChI=1S/C17H22N4O3.ClH/c18-9-13(11-5-6-11)20-15(22)7-8-17(24)21-10-16(23)19-12-3-1-2-4-14(12)21;/h1-4,11,13H,5-10,18H2,(H,19,23)(H,20,22);1H. The van der Waals surface area contributed by atoms with Crippen LogP contribution in [0.3, 0.4) is 0 Å². The topological polar surface area (TPSA) is 105 Å². The van der Waals surface area contributed by atoms with E-state index in [1.165, 1.54) is 4.90 Å². The Balaban J connectivity index is 0.00000225. The molecule has 1 aromatic carbocycles. The van der Waals surface area contributed by atoms with Gasteiger partial charge in [-0.05, 0) is 30.9 Å². The van der Waals surface area contributed by atoms with Crippen LogP contribution in [0.1, 0.15) is 25.7 Å². The van der Waals surface area contributed by atoms with E-state index in [-0.39, 0.29) is 55.6 Å². The number of fused-ring (bicyclic) bond motifs is 1. The van der Waals surface area contributed by atoms with Crippen molar-refractivity contribution in [3.63, 3.8) is 0 Å². The Kier molecular flexibility index (Phi) is 6.39. The Labute approximate surface area is 152 Å². The van der Waals surface area contributed by atoms with Crippen LogP contribution in [-0.2, 0) is 14.4 Å². The molecule has 3 rings (SSSR count). The Morgan fingerprint density at radius 1 is 1.28 bits per heavy atom. The molecule has 8 heteroatoms. The molecule has 4 N–H and O–H groups in total. The Morgan fingerprint density at radius 2 is 2.00 bits per heavy atom. The van der Waals surface area contributed by atoms with Gasteiger partial charge in [0.1, 0.15) is 6.54 Å². The minimum atomic E-state index is -0.233. The maximum atomic E-state index is 12.5. The van der Waals surface area contributed by atoms with Crippen LogP contribution in [0.4, 0.5) is 11.4 Å². The third-order valence-electron chi connectivity index (χ3n) is 4.43. The van der Waals surface area contributed by atoms with Gasteiger partial charge in [0.2, 0.25) is 17.7 Å². The highest BCUT2D eigenvalue weighted by Crippen LogP contribution is 2.32. The summed E-state index contributed by atoms with van der Waals surface area (Å²) in [5, 5.41) is 5.64. The van der Waals surface area contributed by atoms with E-state index in [0.717, 1.165) is 12.8 Å². The second-order valence-corrected chi connectivity index (χ2v) is 6.29. The van der Waals surface area contributed by atoms with Crippen molar-refractivity contribution >= 4 is 41.5 Å². The van der Waals surface area contributed by atoms with Gasteiger partial charge in [-0.25, -0.2) is 0 Å². The van der Waals surface area contributed by atoms with Crippen molar-refractivity contribution in [2.24, 2.45) is 11.7 Å². The lowest BCUT2D eigenvalue weighted by Crippen LogP contribution is -2.44. The van der Waals surface area contributed by atoms with Crippen LogP contribution in [0.25, 0.3) is 0 Å². The highest BCUT2D eigenvalue weighted by Gasteiger charge is 2.31. The van der Waals surface area contributed by atoms with Gasteiger partial charge in [0.25, 0.3) is 0 Å². The molecular formula is C17H23ClN4O3. The number of rotatable bonds is 6. The lowest BCUT2D eigenvalue weighted by Gasteiger charge is -2.29. The normalized spacial score (nSPS) is 17.0. The second kappa shape index (κ2) is 8.31. The maximum Gasteiger partial charge on any atom is 0.244 e. The van der Waals surface area contributed by atoms with Crippen LogP contribution in [-0.4, -0.2) is 36.9 Å². The summed E-state index contributed by atoms with van der Waals surface area (Å²) in [6, 6.07) is 7.15. The van der Waals surface area contributed by atoms with Gasteiger partial charge >= 0.3 is 0 Å². The first kappa shape index (κ1) is 19.2. The summed E-state index contributed by atoms with van der Waals surface area (Å²) >= 11 is 0. The largest absolute Gasteiger partial charge is 0.352 e. The average Bonchev–Trinajstić information content (AvgIpc) is 3.41. The van der Waals surface area contributed by atoms with Gasteiger partial charge in [-0.15, -0.1) is 12.4 Å². The van der Waals surface area contributed by atoms with Crippen molar-refractivity contribution in [1.29, 1.82) is 0 Å². The molecular weight excluding hydrogens is 344 g/mol. The number of anilines is 2.